The lowest BCUT2D eigenvalue weighted by molar-refractivity contribution is -0.123. The molecule has 6 heteroatoms. The molecule has 1 unspecified atom stereocenters. The van der Waals surface area contributed by atoms with Gasteiger partial charge in [-0.3, -0.25) is 9.52 Å². The highest BCUT2D eigenvalue weighted by atomic mass is 32.2. The van der Waals surface area contributed by atoms with E-state index in [-0.39, 0.29) is 17.7 Å². The third-order valence-corrected chi connectivity index (χ3v) is 3.42. The van der Waals surface area contributed by atoms with Crippen LogP contribution in [-0.2, 0) is 14.8 Å². The Morgan fingerprint density at radius 3 is 2.19 bits per heavy atom. The molecular formula is C10H22N2O3S. The maximum Gasteiger partial charge on any atom is 0.237 e. The predicted molar refractivity (Wildman–Crippen MR) is 64.2 cm³/mol. The summed E-state index contributed by atoms with van der Waals surface area (Å²) in [5.74, 6) is -1.06. The van der Waals surface area contributed by atoms with Crippen LogP contribution in [0.15, 0.2) is 0 Å². The Hall–Kier alpha value is -0.620. The molecule has 0 saturated carbocycles. The molecule has 0 aromatic carbocycles. The van der Waals surface area contributed by atoms with Crippen molar-refractivity contribution in [1.82, 2.24) is 4.72 Å². The van der Waals surface area contributed by atoms with E-state index in [1.54, 1.807) is 0 Å². The van der Waals surface area contributed by atoms with Gasteiger partial charge in [-0.05, 0) is 18.8 Å². The minimum atomic E-state index is -3.48. The second-order valence-electron chi connectivity index (χ2n) is 5.07. The van der Waals surface area contributed by atoms with E-state index < -0.39 is 21.8 Å². The third-order valence-electron chi connectivity index (χ3n) is 2.15. The first kappa shape index (κ1) is 15.4. The minimum absolute atomic E-state index is 0.0582. The van der Waals surface area contributed by atoms with Crippen molar-refractivity contribution in [1.29, 1.82) is 0 Å². The van der Waals surface area contributed by atoms with Gasteiger partial charge in [0.15, 0.2) is 0 Å². The van der Waals surface area contributed by atoms with Gasteiger partial charge in [-0.1, -0.05) is 20.8 Å². The Kier molecular flexibility index (Phi) is 5.41. The van der Waals surface area contributed by atoms with Crippen molar-refractivity contribution in [2.75, 3.05) is 12.3 Å². The molecule has 0 aliphatic carbocycles. The van der Waals surface area contributed by atoms with Crippen molar-refractivity contribution >= 4 is 15.9 Å². The SMILES string of the molecule is CCS(=O)(=O)NC(=O)C(CN)CC(C)(C)C. The number of carbonyl (C=O) groups excluding carboxylic acids is 1. The smallest absolute Gasteiger partial charge is 0.237 e. The zero-order valence-corrected chi connectivity index (χ0v) is 11.2. The van der Waals surface area contributed by atoms with Gasteiger partial charge in [0, 0.05) is 6.54 Å². The first-order chi connectivity index (χ1) is 7.11. The van der Waals surface area contributed by atoms with Crippen LogP contribution in [0.2, 0.25) is 0 Å². The van der Waals surface area contributed by atoms with Crippen molar-refractivity contribution in [3.63, 3.8) is 0 Å². The fourth-order valence-electron chi connectivity index (χ4n) is 1.33. The molecule has 96 valence electrons. The van der Waals surface area contributed by atoms with Crippen LogP contribution < -0.4 is 10.5 Å². The Morgan fingerprint density at radius 1 is 1.38 bits per heavy atom. The van der Waals surface area contributed by atoms with Gasteiger partial charge in [0.1, 0.15) is 0 Å². The Morgan fingerprint density at radius 2 is 1.88 bits per heavy atom. The van der Waals surface area contributed by atoms with Crippen LogP contribution in [0.1, 0.15) is 34.1 Å². The standard InChI is InChI=1S/C10H22N2O3S/c1-5-16(14,15)12-9(13)8(7-11)6-10(2,3)4/h8H,5-7,11H2,1-4H3,(H,12,13). The molecule has 1 atom stereocenters. The zero-order valence-electron chi connectivity index (χ0n) is 10.4. The average molecular weight is 250 g/mol. The summed E-state index contributed by atoms with van der Waals surface area (Å²) < 4.78 is 24.5. The summed E-state index contributed by atoms with van der Waals surface area (Å²) in [5, 5.41) is 0. The Bertz CT molecular complexity index is 330. The maximum absolute atomic E-state index is 11.7. The molecule has 0 aliphatic heterocycles. The monoisotopic (exact) mass is 250 g/mol. The van der Waals surface area contributed by atoms with E-state index in [9.17, 15) is 13.2 Å². The second kappa shape index (κ2) is 5.63. The van der Waals surface area contributed by atoms with Crippen molar-refractivity contribution < 1.29 is 13.2 Å². The molecule has 0 aromatic heterocycles. The van der Waals surface area contributed by atoms with E-state index in [1.165, 1.54) is 6.92 Å². The van der Waals surface area contributed by atoms with Crippen molar-refractivity contribution in [2.24, 2.45) is 17.1 Å². The lowest BCUT2D eigenvalue weighted by atomic mass is 9.84. The van der Waals surface area contributed by atoms with Gasteiger partial charge in [-0.25, -0.2) is 8.42 Å². The Balaban J connectivity index is 4.57. The molecule has 0 aromatic rings. The van der Waals surface area contributed by atoms with Crippen LogP contribution in [0.4, 0.5) is 0 Å². The third kappa shape index (κ3) is 6.07. The number of nitrogens with two attached hydrogens (primary N) is 1. The topological polar surface area (TPSA) is 89.3 Å². The largest absolute Gasteiger partial charge is 0.330 e. The highest BCUT2D eigenvalue weighted by Crippen LogP contribution is 2.24. The molecule has 1 amide bonds. The zero-order chi connectivity index (χ0) is 13.0. The predicted octanol–water partition coefficient (Wildman–Crippen LogP) is 0.463. The summed E-state index contributed by atoms with van der Waals surface area (Å²) in [6.07, 6.45) is 0.564. The van der Waals surface area contributed by atoms with Crippen LogP contribution in [0.5, 0.6) is 0 Å². The van der Waals surface area contributed by atoms with E-state index in [0.29, 0.717) is 6.42 Å². The lowest BCUT2D eigenvalue weighted by Crippen LogP contribution is -2.40. The van der Waals surface area contributed by atoms with Gasteiger partial charge < -0.3 is 5.73 Å². The van der Waals surface area contributed by atoms with E-state index in [0.717, 1.165) is 0 Å². The van der Waals surface area contributed by atoms with Crippen LogP contribution >= 0.6 is 0 Å². The number of rotatable bonds is 5. The molecule has 0 spiro atoms. The Labute approximate surface area is 97.8 Å². The van der Waals surface area contributed by atoms with Crippen LogP contribution in [0.25, 0.3) is 0 Å². The van der Waals surface area contributed by atoms with Gasteiger partial charge in [0.05, 0.1) is 11.7 Å². The summed E-state index contributed by atoms with van der Waals surface area (Å²) in [6, 6.07) is 0. The summed E-state index contributed by atoms with van der Waals surface area (Å²) >= 11 is 0. The van der Waals surface area contributed by atoms with E-state index >= 15 is 0 Å². The van der Waals surface area contributed by atoms with Gasteiger partial charge in [-0.15, -0.1) is 0 Å². The molecule has 0 rings (SSSR count). The van der Waals surface area contributed by atoms with Gasteiger partial charge >= 0.3 is 0 Å². The molecule has 3 N–H and O–H groups in total. The summed E-state index contributed by atoms with van der Waals surface area (Å²) in [4.78, 5) is 11.7. The normalized spacial score (nSPS) is 14.6. The van der Waals surface area contributed by atoms with Crippen LogP contribution in [0.3, 0.4) is 0 Å². The molecule has 0 radical (unpaired) electrons. The lowest BCUT2D eigenvalue weighted by Gasteiger charge is -2.24. The van der Waals surface area contributed by atoms with Crippen LogP contribution in [-0.4, -0.2) is 26.6 Å². The fourth-order valence-corrected chi connectivity index (χ4v) is 1.95. The van der Waals surface area contributed by atoms with Gasteiger partial charge in [-0.2, -0.15) is 0 Å². The molecular weight excluding hydrogens is 228 g/mol. The second-order valence-corrected chi connectivity index (χ2v) is 7.08. The number of hydrogen-bond acceptors (Lipinski definition) is 4. The van der Waals surface area contributed by atoms with Crippen molar-refractivity contribution in [2.45, 2.75) is 34.1 Å². The quantitative estimate of drug-likeness (QED) is 0.742. The maximum atomic E-state index is 11.7. The average Bonchev–Trinajstić information content (AvgIpc) is 2.12. The van der Waals surface area contributed by atoms with Crippen LogP contribution in [0, 0.1) is 11.3 Å². The van der Waals surface area contributed by atoms with Crippen molar-refractivity contribution in [3.05, 3.63) is 0 Å². The van der Waals surface area contributed by atoms with E-state index in [2.05, 4.69) is 0 Å². The molecule has 0 aliphatic rings. The number of nitrogens with one attached hydrogen (secondary N) is 1. The minimum Gasteiger partial charge on any atom is -0.330 e. The molecule has 0 fully saturated rings. The first-order valence-electron chi connectivity index (χ1n) is 5.35. The number of sulfonamides is 1. The van der Waals surface area contributed by atoms with Gasteiger partial charge in [0.25, 0.3) is 0 Å². The summed E-state index contributed by atoms with van der Waals surface area (Å²) in [6.45, 7) is 7.59. The highest BCUT2D eigenvalue weighted by Gasteiger charge is 2.26. The first-order valence-corrected chi connectivity index (χ1v) is 7.01. The van der Waals surface area contributed by atoms with Gasteiger partial charge in [0.2, 0.25) is 15.9 Å². The van der Waals surface area contributed by atoms with E-state index in [1.807, 2.05) is 25.5 Å². The summed E-state index contributed by atoms with van der Waals surface area (Å²) in [7, 11) is -3.48. The number of hydrogen-bond donors (Lipinski definition) is 2. The van der Waals surface area contributed by atoms with E-state index in [4.69, 9.17) is 5.73 Å². The van der Waals surface area contributed by atoms with Crippen molar-refractivity contribution in [3.8, 4) is 0 Å². The number of carbonyl (C=O) groups is 1. The number of amides is 1. The molecule has 16 heavy (non-hydrogen) atoms. The molecule has 5 nitrogen and oxygen atoms in total. The molecule has 0 heterocycles. The molecule has 0 bridgehead atoms. The molecule has 0 saturated heterocycles. The summed E-state index contributed by atoms with van der Waals surface area (Å²) in [5.41, 5.74) is 5.43. The fraction of sp³-hybridized carbons (Fsp3) is 0.900. The highest BCUT2D eigenvalue weighted by molar-refractivity contribution is 7.90.